The van der Waals surface area contributed by atoms with Crippen LogP contribution in [-0.4, -0.2) is 35.8 Å². The predicted octanol–water partition coefficient (Wildman–Crippen LogP) is 3.34. The van der Waals surface area contributed by atoms with Crippen LogP contribution in [0.2, 0.25) is 0 Å². The van der Waals surface area contributed by atoms with Gasteiger partial charge in [0.2, 0.25) is 0 Å². The first-order valence-corrected chi connectivity index (χ1v) is 7.52. The Bertz CT molecular complexity index is 829. The van der Waals surface area contributed by atoms with Crippen LogP contribution in [0.4, 0.5) is 8.78 Å². The van der Waals surface area contributed by atoms with Crippen LogP contribution in [0.5, 0.6) is 0 Å². The highest BCUT2D eigenvalue weighted by molar-refractivity contribution is 6.14. The van der Waals surface area contributed by atoms with E-state index < -0.39 is 11.6 Å². The Morgan fingerprint density at radius 1 is 1.04 bits per heavy atom. The molecule has 1 aliphatic heterocycles. The minimum atomic E-state index is -0.924. The van der Waals surface area contributed by atoms with Crippen molar-refractivity contribution < 1.29 is 13.6 Å². The molecule has 0 atom stereocenters. The van der Waals surface area contributed by atoms with E-state index in [-0.39, 0.29) is 5.78 Å². The van der Waals surface area contributed by atoms with Crippen molar-refractivity contribution in [1.29, 1.82) is 0 Å². The van der Waals surface area contributed by atoms with Gasteiger partial charge in [-0.2, -0.15) is 0 Å². The molecule has 1 saturated heterocycles. The minimum absolute atomic E-state index is 0.0818. The van der Waals surface area contributed by atoms with Crippen LogP contribution in [0.3, 0.4) is 0 Å². The summed E-state index contributed by atoms with van der Waals surface area (Å²) in [6, 6.07) is 7.29. The standard InChI is InChI=1S/C19H16F2N2O/c1-23-11-15(7-13-4-5-17(20)18(21)9-13)19(24)16(12-23)8-14-3-2-6-22-10-14/h2-10H,11-12H2,1H3/b15-7+,16-8+. The Balaban J connectivity index is 1.93. The van der Waals surface area contributed by atoms with Crippen molar-refractivity contribution in [1.82, 2.24) is 9.88 Å². The number of ketones is 1. The SMILES string of the molecule is CN1C/C(=C\c2cccnc2)C(=O)/C(=C/c2ccc(F)c(F)c2)C1. The van der Waals surface area contributed by atoms with Crippen LogP contribution < -0.4 is 0 Å². The average molecular weight is 326 g/mol. The van der Waals surface area contributed by atoms with E-state index in [1.165, 1.54) is 6.07 Å². The second-order valence-corrected chi connectivity index (χ2v) is 5.80. The number of nitrogens with zero attached hydrogens (tertiary/aromatic N) is 2. The van der Waals surface area contributed by atoms with Crippen molar-refractivity contribution in [3.63, 3.8) is 0 Å². The smallest absolute Gasteiger partial charge is 0.187 e. The van der Waals surface area contributed by atoms with Crippen LogP contribution in [-0.2, 0) is 4.79 Å². The van der Waals surface area contributed by atoms with Gasteiger partial charge in [-0.15, -0.1) is 0 Å². The molecule has 3 rings (SSSR count). The first kappa shape index (κ1) is 16.2. The fourth-order valence-corrected chi connectivity index (χ4v) is 2.68. The number of aromatic nitrogens is 1. The van der Waals surface area contributed by atoms with Crippen LogP contribution in [0.25, 0.3) is 12.2 Å². The van der Waals surface area contributed by atoms with Gasteiger partial charge in [-0.05, 0) is 48.5 Å². The highest BCUT2D eigenvalue weighted by atomic mass is 19.2. The van der Waals surface area contributed by atoms with Gasteiger partial charge < -0.3 is 0 Å². The maximum absolute atomic E-state index is 13.4. The molecule has 1 aliphatic rings. The summed E-state index contributed by atoms with van der Waals surface area (Å²) in [7, 11) is 1.91. The molecule has 2 heterocycles. The van der Waals surface area contributed by atoms with E-state index >= 15 is 0 Å². The summed E-state index contributed by atoms with van der Waals surface area (Å²) in [6.07, 6.45) is 6.78. The summed E-state index contributed by atoms with van der Waals surface area (Å²) < 4.78 is 26.4. The number of halogens is 2. The predicted molar refractivity (Wildman–Crippen MR) is 89.1 cm³/mol. The van der Waals surface area contributed by atoms with Crippen LogP contribution >= 0.6 is 0 Å². The third-order valence-corrected chi connectivity index (χ3v) is 3.77. The molecule has 122 valence electrons. The number of pyridine rings is 1. The van der Waals surface area contributed by atoms with Gasteiger partial charge in [-0.3, -0.25) is 14.7 Å². The molecule has 0 bridgehead atoms. The number of Topliss-reactive ketones (excluding diaryl/α,β-unsaturated/α-hetero) is 1. The number of piperidine rings is 1. The van der Waals surface area contributed by atoms with Crippen molar-refractivity contribution in [3.05, 3.63) is 76.6 Å². The second kappa shape index (κ2) is 6.84. The van der Waals surface area contributed by atoms with E-state index in [1.54, 1.807) is 24.5 Å². The number of hydrogen-bond donors (Lipinski definition) is 0. The summed E-state index contributed by atoms with van der Waals surface area (Å²) in [4.78, 5) is 18.7. The molecular formula is C19H16F2N2O. The van der Waals surface area contributed by atoms with Crippen molar-refractivity contribution in [2.75, 3.05) is 20.1 Å². The molecule has 0 amide bonds. The van der Waals surface area contributed by atoms with Crippen molar-refractivity contribution in [3.8, 4) is 0 Å². The van der Waals surface area contributed by atoms with E-state index in [2.05, 4.69) is 4.98 Å². The van der Waals surface area contributed by atoms with E-state index in [9.17, 15) is 13.6 Å². The molecule has 3 nitrogen and oxygen atoms in total. The molecule has 0 N–H and O–H groups in total. The van der Waals surface area contributed by atoms with Gasteiger partial charge in [-0.25, -0.2) is 8.78 Å². The Labute approximate surface area is 138 Å². The van der Waals surface area contributed by atoms with Gasteiger partial charge in [0, 0.05) is 36.6 Å². The number of hydrogen-bond acceptors (Lipinski definition) is 3. The maximum atomic E-state index is 13.4. The van der Waals surface area contributed by atoms with Gasteiger partial charge in [-0.1, -0.05) is 12.1 Å². The summed E-state index contributed by atoms with van der Waals surface area (Å²) >= 11 is 0. The Kier molecular flexibility index (Phi) is 4.62. The van der Waals surface area contributed by atoms with E-state index in [4.69, 9.17) is 0 Å². The van der Waals surface area contributed by atoms with Crippen LogP contribution in [0.15, 0.2) is 53.9 Å². The molecule has 0 saturated carbocycles. The molecule has 1 aromatic heterocycles. The van der Waals surface area contributed by atoms with E-state index in [0.717, 1.165) is 17.7 Å². The van der Waals surface area contributed by atoms with Gasteiger partial charge in [0.1, 0.15) is 0 Å². The molecule has 0 aliphatic carbocycles. The fourth-order valence-electron chi connectivity index (χ4n) is 2.68. The monoisotopic (exact) mass is 326 g/mol. The molecular weight excluding hydrogens is 310 g/mol. The minimum Gasteiger partial charge on any atom is -0.298 e. The zero-order valence-electron chi connectivity index (χ0n) is 13.2. The summed E-state index contributed by atoms with van der Waals surface area (Å²) in [6.45, 7) is 0.991. The Morgan fingerprint density at radius 2 is 1.75 bits per heavy atom. The lowest BCUT2D eigenvalue weighted by Gasteiger charge is -2.26. The van der Waals surface area contributed by atoms with E-state index in [1.807, 2.05) is 24.1 Å². The molecule has 0 unspecified atom stereocenters. The largest absolute Gasteiger partial charge is 0.298 e. The van der Waals surface area contributed by atoms with Gasteiger partial charge in [0.25, 0.3) is 0 Å². The first-order valence-electron chi connectivity index (χ1n) is 7.52. The molecule has 24 heavy (non-hydrogen) atoms. The molecule has 1 fully saturated rings. The van der Waals surface area contributed by atoms with Crippen molar-refractivity contribution >= 4 is 17.9 Å². The van der Waals surface area contributed by atoms with Crippen molar-refractivity contribution in [2.24, 2.45) is 0 Å². The zero-order valence-corrected chi connectivity index (χ0v) is 13.2. The quantitative estimate of drug-likeness (QED) is 0.794. The normalized spacial score (nSPS) is 19.2. The third-order valence-electron chi connectivity index (χ3n) is 3.77. The van der Waals surface area contributed by atoms with Gasteiger partial charge >= 0.3 is 0 Å². The average Bonchev–Trinajstić information content (AvgIpc) is 2.56. The summed E-state index contributed by atoms with van der Waals surface area (Å²) in [5.74, 6) is -1.91. The summed E-state index contributed by atoms with van der Waals surface area (Å²) in [5.41, 5.74) is 2.51. The molecule has 1 aromatic carbocycles. The number of likely N-dealkylation sites (tertiary alicyclic amines) is 1. The van der Waals surface area contributed by atoms with Crippen LogP contribution in [0, 0.1) is 11.6 Å². The highest BCUT2D eigenvalue weighted by Gasteiger charge is 2.24. The topological polar surface area (TPSA) is 33.2 Å². The number of benzene rings is 1. The summed E-state index contributed by atoms with van der Waals surface area (Å²) in [5, 5.41) is 0. The molecule has 0 spiro atoms. The van der Waals surface area contributed by atoms with Gasteiger partial charge in [0.15, 0.2) is 17.4 Å². The lowest BCUT2D eigenvalue weighted by molar-refractivity contribution is -0.113. The fraction of sp³-hybridized carbons (Fsp3) is 0.158. The number of carbonyl (C=O) groups excluding carboxylic acids is 1. The number of rotatable bonds is 2. The Hall–Kier alpha value is -2.66. The Morgan fingerprint density at radius 3 is 2.38 bits per heavy atom. The third kappa shape index (κ3) is 3.63. The second-order valence-electron chi connectivity index (χ2n) is 5.80. The van der Waals surface area contributed by atoms with E-state index in [0.29, 0.717) is 29.8 Å². The number of likely N-dealkylation sites (N-methyl/N-ethyl adjacent to an activating group) is 1. The highest BCUT2D eigenvalue weighted by Crippen LogP contribution is 2.21. The van der Waals surface area contributed by atoms with Gasteiger partial charge in [0.05, 0.1) is 0 Å². The molecule has 0 radical (unpaired) electrons. The first-order chi connectivity index (χ1) is 11.5. The molecule has 2 aromatic rings. The molecule has 5 heteroatoms. The maximum Gasteiger partial charge on any atom is 0.187 e. The van der Waals surface area contributed by atoms with Crippen molar-refractivity contribution in [2.45, 2.75) is 0 Å². The zero-order chi connectivity index (χ0) is 17.1. The number of carbonyl (C=O) groups is 1. The lowest BCUT2D eigenvalue weighted by atomic mass is 9.95. The van der Waals surface area contributed by atoms with Crippen LogP contribution in [0.1, 0.15) is 11.1 Å². The lowest BCUT2D eigenvalue weighted by Crippen LogP contribution is -2.34.